The van der Waals surface area contributed by atoms with Crippen LogP contribution in [0.25, 0.3) is 10.9 Å². The number of aromatic carboxylic acids is 1. The molecular formula is C26H26F3N3O4. The van der Waals surface area contributed by atoms with Crippen molar-refractivity contribution < 1.29 is 32.6 Å². The maximum absolute atomic E-state index is 14.6. The molecule has 0 radical (unpaired) electrons. The van der Waals surface area contributed by atoms with Gasteiger partial charge in [0.25, 0.3) is 0 Å². The van der Waals surface area contributed by atoms with Crippen LogP contribution in [0.2, 0.25) is 0 Å². The second-order valence-corrected chi connectivity index (χ2v) is 9.80. The molecule has 1 amide bonds. The third-order valence-corrected chi connectivity index (χ3v) is 7.15. The lowest BCUT2D eigenvalue weighted by atomic mass is 9.91. The summed E-state index contributed by atoms with van der Waals surface area (Å²) in [5, 5.41) is 9.43. The summed E-state index contributed by atoms with van der Waals surface area (Å²) >= 11 is 0. The van der Waals surface area contributed by atoms with Gasteiger partial charge in [0.05, 0.1) is 17.6 Å². The third kappa shape index (κ3) is 4.09. The van der Waals surface area contributed by atoms with E-state index in [2.05, 4.69) is 4.90 Å². The van der Waals surface area contributed by atoms with Gasteiger partial charge < -0.3 is 14.4 Å². The highest BCUT2D eigenvalue weighted by atomic mass is 19.2. The molecule has 36 heavy (non-hydrogen) atoms. The molecule has 2 fully saturated rings. The third-order valence-electron chi connectivity index (χ3n) is 7.15. The molecule has 2 saturated heterocycles. The smallest absolute Gasteiger partial charge is 0.415 e. The summed E-state index contributed by atoms with van der Waals surface area (Å²) in [7, 11) is 0. The fourth-order valence-electron chi connectivity index (χ4n) is 5.14. The van der Waals surface area contributed by atoms with Gasteiger partial charge in [-0.1, -0.05) is 0 Å². The maximum Gasteiger partial charge on any atom is 0.415 e. The standard InChI is InChI=1S/C26H26F3N3O4/c1-15(2)31-13-17(19-11-20(27)21(28)22(29)23(19)31)12-30-9-7-26(8-10-30)14-32(25(35)36-26)18-5-3-16(4-6-18)24(33)34/h3-6,11,13,15H,7-10,12,14H2,1-2H3,(H,33,34). The van der Waals surface area contributed by atoms with Gasteiger partial charge >= 0.3 is 12.1 Å². The molecule has 7 nitrogen and oxygen atoms in total. The van der Waals surface area contributed by atoms with E-state index in [1.807, 2.05) is 13.8 Å². The number of likely N-dealkylation sites (tertiary alicyclic amines) is 1. The molecule has 0 aliphatic carbocycles. The van der Waals surface area contributed by atoms with Gasteiger partial charge in [0.1, 0.15) is 5.60 Å². The van der Waals surface area contributed by atoms with Crippen molar-refractivity contribution in [2.45, 2.75) is 44.9 Å². The van der Waals surface area contributed by atoms with Gasteiger partial charge in [-0.15, -0.1) is 0 Å². The number of halogens is 3. The topological polar surface area (TPSA) is 75.0 Å². The van der Waals surface area contributed by atoms with E-state index in [0.29, 0.717) is 55.7 Å². The van der Waals surface area contributed by atoms with E-state index in [1.54, 1.807) is 22.9 Å². The molecule has 2 aliphatic heterocycles. The fourth-order valence-corrected chi connectivity index (χ4v) is 5.14. The van der Waals surface area contributed by atoms with E-state index in [4.69, 9.17) is 9.84 Å². The molecule has 1 aromatic heterocycles. The predicted octanol–water partition coefficient (Wildman–Crippen LogP) is 5.33. The number of carbonyl (C=O) groups excluding carboxylic acids is 1. The number of rotatable bonds is 5. The molecule has 10 heteroatoms. The van der Waals surface area contributed by atoms with Crippen molar-refractivity contribution >= 4 is 28.7 Å². The highest BCUT2D eigenvalue weighted by Gasteiger charge is 2.47. The van der Waals surface area contributed by atoms with Gasteiger partial charge in [-0.3, -0.25) is 9.80 Å². The summed E-state index contributed by atoms with van der Waals surface area (Å²) in [4.78, 5) is 27.3. The Morgan fingerprint density at radius 1 is 1.11 bits per heavy atom. The number of nitrogens with zero attached hydrogens (tertiary/aromatic N) is 3. The predicted molar refractivity (Wildman–Crippen MR) is 127 cm³/mol. The molecule has 0 saturated carbocycles. The number of carboxylic acid groups (broad SMARTS) is 1. The number of amides is 1. The van der Waals surface area contributed by atoms with Crippen molar-refractivity contribution in [2.24, 2.45) is 0 Å². The Labute approximate surface area is 205 Å². The van der Waals surface area contributed by atoms with E-state index in [0.717, 1.165) is 6.07 Å². The van der Waals surface area contributed by atoms with Crippen molar-refractivity contribution in [2.75, 3.05) is 24.5 Å². The van der Waals surface area contributed by atoms with Crippen LogP contribution in [-0.2, 0) is 11.3 Å². The largest absolute Gasteiger partial charge is 0.478 e. The number of benzene rings is 2. The van der Waals surface area contributed by atoms with Crippen molar-refractivity contribution in [1.82, 2.24) is 9.47 Å². The first-order chi connectivity index (χ1) is 17.1. The van der Waals surface area contributed by atoms with E-state index in [1.165, 1.54) is 17.0 Å². The summed E-state index contributed by atoms with van der Waals surface area (Å²) in [6, 6.07) is 6.99. The van der Waals surface area contributed by atoms with E-state index in [-0.39, 0.29) is 17.1 Å². The number of hydrogen-bond donors (Lipinski definition) is 1. The lowest BCUT2D eigenvalue weighted by Gasteiger charge is -2.37. The Hall–Kier alpha value is -3.53. The first kappa shape index (κ1) is 24.2. The van der Waals surface area contributed by atoms with Gasteiger partial charge in [0, 0.05) is 55.8 Å². The minimum atomic E-state index is -1.47. The number of carbonyl (C=O) groups is 2. The van der Waals surface area contributed by atoms with Gasteiger partial charge in [-0.2, -0.15) is 0 Å². The zero-order chi connectivity index (χ0) is 25.8. The quantitative estimate of drug-likeness (QED) is 0.479. The molecule has 0 bridgehead atoms. The summed E-state index contributed by atoms with van der Waals surface area (Å²) < 4.78 is 50.0. The first-order valence-electron chi connectivity index (χ1n) is 11.8. The Morgan fingerprint density at radius 2 is 1.78 bits per heavy atom. The lowest BCUT2D eigenvalue weighted by Crippen LogP contribution is -2.46. The fraction of sp³-hybridized carbons (Fsp3) is 0.385. The SMILES string of the molecule is CC(C)n1cc(CN2CCC3(CC2)CN(c2ccc(C(=O)O)cc2)C(=O)O3)c2cc(F)c(F)c(F)c21. The average molecular weight is 502 g/mol. The number of hydrogen-bond acceptors (Lipinski definition) is 4. The summed E-state index contributed by atoms with van der Waals surface area (Å²) in [5.41, 5.74) is 0.808. The van der Waals surface area contributed by atoms with Crippen molar-refractivity contribution in [3.8, 4) is 0 Å². The van der Waals surface area contributed by atoms with Crippen LogP contribution in [0.15, 0.2) is 36.5 Å². The van der Waals surface area contributed by atoms with E-state index < -0.39 is 35.1 Å². The van der Waals surface area contributed by atoms with Crippen LogP contribution in [0.5, 0.6) is 0 Å². The van der Waals surface area contributed by atoms with Crippen molar-refractivity contribution in [3.63, 3.8) is 0 Å². The first-order valence-corrected chi connectivity index (χ1v) is 11.8. The normalized spacial score (nSPS) is 17.9. The van der Waals surface area contributed by atoms with Gasteiger partial charge in [0.2, 0.25) is 0 Å². The Bertz CT molecular complexity index is 1340. The molecular weight excluding hydrogens is 475 g/mol. The van der Waals surface area contributed by atoms with Crippen LogP contribution in [0.3, 0.4) is 0 Å². The molecule has 3 heterocycles. The summed E-state index contributed by atoms with van der Waals surface area (Å²) in [6.07, 6.45) is 2.42. The van der Waals surface area contributed by atoms with Gasteiger partial charge in [-0.05, 0) is 49.7 Å². The Morgan fingerprint density at radius 3 is 2.39 bits per heavy atom. The highest BCUT2D eigenvalue weighted by molar-refractivity contribution is 5.92. The monoisotopic (exact) mass is 501 g/mol. The number of anilines is 1. The van der Waals surface area contributed by atoms with Gasteiger partial charge in [0.15, 0.2) is 17.5 Å². The molecule has 190 valence electrons. The van der Waals surface area contributed by atoms with Crippen molar-refractivity contribution in [3.05, 3.63) is 65.1 Å². The summed E-state index contributed by atoms with van der Waals surface area (Å²) in [6.45, 7) is 5.67. The molecule has 0 unspecified atom stereocenters. The number of piperidine rings is 1. The van der Waals surface area contributed by atoms with Crippen LogP contribution in [0, 0.1) is 17.5 Å². The van der Waals surface area contributed by atoms with Crippen LogP contribution in [-0.4, -0.2) is 51.9 Å². The molecule has 0 atom stereocenters. The van der Waals surface area contributed by atoms with Crippen molar-refractivity contribution in [1.29, 1.82) is 0 Å². The Kier molecular flexibility index (Phi) is 5.94. The number of ether oxygens (including phenoxy) is 1. The average Bonchev–Trinajstić information content (AvgIpc) is 3.37. The minimum absolute atomic E-state index is 0.0571. The number of aromatic nitrogens is 1. The molecule has 5 rings (SSSR count). The van der Waals surface area contributed by atoms with Crippen LogP contribution in [0.4, 0.5) is 23.7 Å². The van der Waals surface area contributed by atoms with E-state index in [9.17, 15) is 22.8 Å². The van der Waals surface area contributed by atoms with Crippen LogP contribution in [0.1, 0.15) is 48.7 Å². The van der Waals surface area contributed by atoms with Gasteiger partial charge in [-0.25, -0.2) is 22.8 Å². The molecule has 2 aromatic carbocycles. The maximum atomic E-state index is 14.6. The second kappa shape index (κ2) is 8.85. The molecule has 3 aromatic rings. The summed E-state index contributed by atoms with van der Waals surface area (Å²) in [5.74, 6) is -4.91. The molecule has 1 spiro atoms. The molecule has 1 N–H and O–H groups in total. The zero-order valence-electron chi connectivity index (χ0n) is 19.9. The second-order valence-electron chi connectivity index (χ2n) is 9.80. The highest BCUT2D eigenvalue weighted by Crippen LogP contribution is 2.37. The van der Waals surface area contributed by atoms with Crippen LogP contribution < -0.4 is 4.90 Å². The minimum Gasteiger partial charge on any atom is -0.478 e. The number of fused-ring (bicyclic) bond motifs is 1. The Balaban J connectivity index is 1.31. The lowest BCUT2D eigenvalue weighted by molar-refractivity contribution is -0.000898. The van der Waals surface area contributed by atoms with E-state index >= 15 is 0 Å². The van der Waals surface area contributed by atoms with Crippen LogP contribution >= 0.6 is 0 Å². The number of carboxylic acids is 1. The molecule has 2 aliphatic rings. The zero-order valence-corrected chi connectivity index (χ0v) is 19.9.